The fourth-order valence-corrected chi connectivity index (χ4v) is 7.75. The lowest BCUT2D eigenvalue weighted by Crippen LogP contribution is -2.52. The molecular formula is C53H51Cl2N5O10. The van der Waals surface area contributed by atoms with Crippen LogP contribution in [0.15, 0.2) is 97.6 Å². The van der Waals surface area contributed by atoms with Crippen molar-refractivity contribution in [3.63, 3.8) is 0 Å². The lowest BCUT2D eigenvalue weighted by atomic mass is 9.85. The Balaban J connectivity index is 1.22. The van der Waals surface area contributed by atoms with Crippen molar-refractivity contribution in [2.45, 2.75) is 79.0 Å². The zero-order valence-electron chi connectivity index (χ0n) is 38.9. The normalized spacial score (nSPS) is 12.7. The van der Waals surface area contributed by atoms with Crippen molar-refractivity contribution < 1.29 is 49.0 Å². The van der Waals surface area contributed by atoms with Crippen LogP contribution in [0.5, 0.6) is 23.0 Å². The number of aliphatic carboxylic acids is 2. The number of hydrogen-bond donors (Lipinski definition) is 5. The van der Waals surface area contributed by atoms with E-state index in [4.69, 9.17) is 48.7 Å². The standard InChI is InChI=1S/C53H51Cl2N5O10/c1-32-38(28-69-48-18-46(67-27-36-15-41(57-5)25-59-23-36)37(16-44(48)54)12-13-52(3,30-61)50(63)64)8-6-10-42(32)43-11-7-9-39(33(43)2)29-70-49-19-47(68-26-35-14-34(20-56)21-58-22-35)40(17-45(49)55)24-60-53(4,31-62)51(65)66/h6-11,14-19,21-23,25,60-62H,12-13,24,26-31H2,1-4H3,(H,63,64)(H,65,66)/t52-,53-/m0/s1. The molecule has 0 amide bonds. The van der Waals surface area contributed by atoms with E-state index in [1.165, 1.54) is 26.2 Å². The third-order valence-corrected chi connectivity index (χ3v) is 12.7. The number of rotatable bonds is 23. The molecule has 0 aliphatic rings. The van der Waals surface area contributed by atoms with Crippen LogP contribution in [0, 0.1) is 37.2 Å². The first-order valence-corrected chi connectivity index (χ1v) is 22.7. The molecule has 0 fully saturated rings. The van der Waals surface area contributed by atoms with Crippen LogP contribution in [0.4, 0.5) is 5.69 Å². The van der Waals surface area contributed by atoms with Crippen LogP contribution in [0.1, 0.15) is 70.3 Å². The van der Waals surface area contributed by atoms with Crippen LogP contribution in [-0.2, 0) is 49.0 Å². The van der Waals surface area contributed by atoms with E-state index >= 15 is 0 Å². The highest BCUT2D eigenvalue weighted by molar-refractivity contribution is 6.32. The molecule has 0 aliphatic heterocycles. The van der Waals surface area contributed by atoms with Crippen molar-refractivity contribution in [3.05, 3.63) is 169 Å². The van der Waals surface area contributed by atoms with E-state index in [0.717, 1.165) is 33.4 Å². The fraction of sp³-hybridized carbons (Fsp3) is 0.283. The number of carboxylic acid groups (broad SMARTS) is 2. The molecule has 362 valence electrons. The molecular weight excluding hydrogens is 938 g/mol. The van der Waals surface area contributed by atoms with Gasteiger partial charge in [-0.15, -0.1) is 0 Å². The molecule has 2 aromatic heterocycles. The van der Waals surface area contributed by atoms with Gasteiger partial charge in [-0.05, 0) is 109 Å². The van der Waals surface area contributed by atoms with Gasteiger partial charge in [-0.2, -0.15) is 5.26 Å². The van der Waals surface area contributed by atoms with E-state index in [0.29, 0.717) is 56.5 Å². The maximum atomic E-state index is 12.0. The molecule has 0 spiro atoms. The lowest BCUT2D eigenvalue weighted by molar-refractivity contribution is -0.150. The van der Waals surface area contributed by atoms with E-state index in [1.54, 1.807) is 48.8 Å². The second-order valence-corrected chi connectivity index (χ2v) is 18.0. The number of carbonyl (C=O) groups is 2. The Bertz CT molecular complexity index is 2780. The van der Waals surface area contributed by atoms with Crippen LogP contribution in [0.3, 0.4) is 0 Å². The zero-order valence-corrected chi connectivity index (χ0v) is 40.4. The topological polar surface area (TPSA) is 218 Å². The number of benzene rings is 4. The third kappa shape index (κ3) is 12.7. The van der Waals surface area contributed by atoms with Gasteiger partial charge in [0, 0.05) is 54.6 Å². The summed E-state index contributed by atoms with van der Waals surface area (Å²) in [7, 11) is 0. The number of nitrogens with zero attached hydrogens (tertiary/aromatic N) is 4. The Morgan fingerprint density at radius 2 is 1.23 bits per heavy atom. The number of halogens is 2. The Labute approximate surface area is 415 Å². The molecule has 2 heterocycles. The molecule has 70 heavy (non-hydrogen) atoms. The number of aliphatic hydroxyl groups is 2. The lowest BCUT2D eigenvalue weighted by Gasteiger charge is -2.25. The van der Waals surface area contributed by atoms with Crippen LogP contribution in [0.2, 0.25) is 10.0 Å². The predicted molar refractivity (Wildman–Crippen MR) is 262 cm³/mol. The average molecular weight is 989 g/mol. The zero-order chi connectivity index (χ0) is 50.6. The van der Waals surface area contributed by atoms with E-state index < -0.39 is 36.1 Å². The molecule has 5 N–H and O–H groups in total. The number of aliphatic hydroxyl groups excluding tert-OH is 2. The van der Waals surface area contributed by atoms with E-state index in [9.17, 15) is 35.3 Å². The molecule has 0 bridgehead atoms. The number of aryl methyl sites for hydroxylation is 1. The van der Waals surface area contributed by atoms with E-state index in [-0.39, 0.29) is 55.9 Å². The Morgan fingerprint density at radius 1 is 0.700 bits per heavy atom. The molecule has 6 rings (SSSR count). The number of aromatic nitrogens is 2. The first-order valence-electron chi connectivity index (χ1n) is 21.9. The van der Waals surface area contributed by atoms with Gasteiger partial charge in [0.25, 0.3) is 0 Å². The highest BCUT2D eigenvalue weighted by Gasteiger charge is 2.33. The molecule has 15 nitrogen and oxygen atoms in total. The van der Waals surface area contributed by atoms with E-state index in [1.807, 2.05) is 50.2 Å². The SMILES string of the molecule is [C-]#[N+]c1cncc(COc2cc(OCc3cccc(-c4cccc(COc5cc(OCc6cncc(C#N)c6)c(CN[C@@](C)(CO)C(=O)O)cc5Cl)c4C)c3C)c(Cl)cc2CC[C@@](C)(CO)C(=O)O)c1. The molecule has 0 unspecified atom stereocenters. The molecule has 0 saturated heterocycles. The smallest absolute Gasteiger partial charge is 0.326 e. The van der Waals surface area contributed by atoms with E-state index in [2.05, 4.69) is 26.2 Å². The number of nitriles is 1. The van der Waals surface area contributed by atoms with Crippen molar-refractivity contribution in [1.82, 2.24) is 15.3 Å². The quantitative estimate of drug-likeness (QED) is 0.0378. The first kappa shape index (κ1) is 52.1. The molecule has 4 aromatic carbocycles. The largest absolute Gasteiger partial charge is 0.488 e. The van der Waals surface area contributed by atoms with Crippen molar-refractivity contribution in [3.8, 4) is 40.2 Å². The maximum Gasteiger partial charge on any atom is 0.326 e. The second kappa shape index (κ2) is 23.4. The summed E-state index contributed by atoms with van der Waals surface area (Å²) in [5.41, 5.74) is 5.70. The molecule has 2 atom stereocenters. The fourth-order valence-electron chi connectivity index (χ4n) is 7.27. The van der Waals surface area contributed by atoms with Crippen LogP contribution < -0.4 is 24.3 Å². The number of carboxylic acids is 2. The van der Waals surface area contributed by atoms with Crippen molar-refractivity contribution in [2.75, 3.05) is 13.2 Å². The van der Waals surface area contributed by atoms with Crippen LogP contribution in [0.25, 0.3) is 16.0 Å². The highest BCUT2D eigenvalue weighted by Crippen LogP contribution is 2.39. The van der Waals surface area contributed by atoms with Gasteiger partial charge < -0.3 is 39.4 Å². The minimum atomic E-state index is -1.64. The number of nitrogens with one attached hydrogen (secondary N) is 1. The number of hydrogen-bond acceptors (Lipinski definition) is 12. The summed E-state index contributed by atoms with van der Waals surface area (Å²) in [6.07, 6.45) is 6.41. The highest BCUT2D eigenvalue weighted by atomic mass is 35.5. The maximum absolute atomic E-state index is 12.0. The molecule has 0 aliphatic carbocycles. The number of pyridine rings is 2. The monoisotopic (exact) mass is 987 g/mol. The molecule has 6 aromatic rings. The first-order chi connectivity index (χ1) is 33.5. The number of ether oxygens (including phenoxy) is 4. The summed E-state index contributed by atoms with van der Waals surface area (Å²) >= 11 is 13.6. The molecule has 0 radical (unpaired) electrons. The van der Waals surface area contributed by atoms with Crippen molar-refractivity contribution >= 4 is 40.8 Å². The summed E-state index contributed by atoms with van der Waals surface area (Å²) in [4.78, 5) is 35.6. The van der Waals surface area contributed by atoms with Crippen LogP contribution >= 0.6 is 23.2 Å². The van der Waals surface area contributed by atoms with Gasteiger partial charge in [-0.25, -0.2) is 4.85 Å². The minimum Gasteiger partial charge on any atom is -0.488 e. The Hall–Kier alpha value is -7.24. The van der Waals surface area contributed by atoms with Gasteiger partial charge in [0.1, 0.15) is 61.0 Å². The Kier molecular flexibility index (Phi) is 17.4. The molecule has 0 saturated carbocycles. The second-order valence-electron chi connectivity index (χ2n) is 17.1. The van der Waals surface area contributed by atoms with Gasteiger partial charge in [0.2, 0.25) is 5.69 Å². The van der Waals surface area contributed by atoms with Gasteiger partial charge >= 0.3 is 11.9 Å². The Morgan fingerprint density at radius 3 is 1.74 bits per heavy atom. The van der Waals surface area contributed by atoms with Crippen molar-refractivity contribution in [2.24, 2.45) is 5.41 Å². The van der Waals surface area contributed by atoms with Crippen molar-refractivity contribution in [1.29, 1.82) is 5.26 Å². The van der Waals surface area contributed by atoms with Gasteiger partial charge in [0.05, 0.1) is 40.8 Å². The minimum absolute atomic E-state index is 0.0182. The van der Waals surface area contributed by atoms with Gasteiger partial charge in [-0.3, -0.25) is 24.9 Å². The summed E-state index contributed by atoms with van der Waals surface area (Å²) in [5.74, 6) is -0.979. The summed E-state index contributed by atoms with van der Waals surface area (Å²) < 4.78 is 25.1. The summed E-state index contributed by atoms with van der Waals surface area (Å²) in [6, 6.07) is 23.8. The van der Waals surface area contributed by atoms with Crippen LogP contribution in [-0.4, -0.2) is 61.1 Å². The average Bonchev–Trinajstić information content (AvgIpc) is 3.36. The van der Waals surface area contributed by atoms with Gasteiger partial charge in [0.15, 0.2) is 0 Å². The molecule has 17 heteroatoms. The third-order valence-electron chi connectivity index (χ3n) is 12.1. The van der Waals surface area contributed by atoms with Gasteiger partial charge in [-0.1, -0.05) is 59.6 Å². The predicted octanol–water partition coefficient (Wildman–Crippen LogP) is 9.75. The summed E-state index contributed by atoms with van der Waals surface area (Å²) in [6.45, 7) is 13.3. The summed E-state index contributed by atoms with van der Waals surface area (Å²) in [5, 5.41) is 52.0.